The van der Waals surface area contributed by atoms with Crippen molar-refractivity contribution in [2.24, 2.45) is 0 Å². The predicted octanol–water partition coefficient (Wildman–Crippen LogP) is -2.53. The predicted molar refractivity (Wildman–Crippen MR) is 42.0 cm³/mol. The average Bonchev–Trinajstić information content (AvgIpc) is 2.03. The minimum absolute atomic E-state index is 0. The monoisotopic (exact) mass is 208 g/mol. The van der Waals surface area contributed by atoms with E-state index in [0.717, 1.165) is 0 Å². The molecule has 64 valence electrons. The van der Waals surface area contributed by atoms with Gasteiger partial charge in [0.25, 0.3) is 0 Å². The van der Waals surface area contributed by atoms with E-state index >= 15 is 0 Å². The topological polar surface area (TPSA) is 49.4 Å². The summed E-state index contributed by atoms with van der Waals surface area (Å²) in [5.41, 5.74) is 0. The van der Waals surface area contributed by atoms with E-state index in [4.69, 9.17) is 16.3 Å². The Morgan fingerprint density at radius 1 is 1.46 bits per heavy atom. The fourth-order valence-electron chi connectivity index (χ4n) is 0.698. The Morgan fingerprint density at radius 2 is 2.08 bits per heavy atom. The van der Waals surface area contributed by atoms with Gasteiger partial charge in [-0.25, -0.2) is 0 Å². The Morgan fingerprint density at radius 3 is 2.62 bits per heavy atom. The molecule has 0 aliphatic carbocycles. The van der Waals surface area contributed by atoms with Crippen molar-refractivity contribution in [2.45, 2.75) is 0 Å². The third-order valence-corrected chi connectivity index (χ3v) is 1.49. The van der Waals surface area contributed by atoms with Gasteiger partial charge in [-0.05, 0) is 12.1 Å². The summed E-state index contributed by atoms with van der Waals surface area (Å²) >= 11 is 5.67. The van der Waals surface area contributed by atoms with Gasteiger partial charge in [0.2, 0.25) is 0 Å². The van der Waals surface area contributed by atoms with Gasteiger partial charge >= 0.3 is 29.6 Å². The molecule has 0 fully saturated rings. The Bertz CT molecular complexity index is 290. The van der Waals surface area contributed by atoms with Crippen molar-refractivity contribution in [3.8, 4) is 5.75 Å². The maximum Gasteiger partial charge on any atom is 1.00 e. The molecule has 0 saturated heterocycles. The van der Waals surface area contributed by atoms with Crippen LogP contribution in [0.5, 0.6) is 5.75 Å². The fraction of sp³-hybridized carbons (Fsp3) is 0.125. The summed E-state index contributed by atoms with van der Waals surface area (Å²) in [7, 11) is 0. The third kappa shape index (κ3) is 4.52. The van der Waals surface area contributed by atoms with Gasteiger partial charge < -0.3 is 14.6 Å². The number of hydrogen-bond acceptors (Lipinski definition) is 3. The maximum absolute atomic E-state index is 10.0. The molecule has 1 rings (SSSR count). The van der Waals surface area contributed by atoms with Crippen LogP contribution in [0.15, 0.2) is 24.3 Å². The van der Waals surface area contributed by atoms with Crippen molar-refractivity contribution in [2.75, 3.05) is 6.61 Å². The number of carboxylic acids is 1. The molecular weight excluding hydrogens is 203 g/mol. The molecule has 0 unspecified atom stereocenters. The zero-order chi connectivity index (χ0) is 8.97. The number of hydrogen-bond donors (Lipinski definition) is 0. The van der Waals surface area contributed by atoms with Crippen LogP contribution in [0, 0.1) is 0 Å². The molecule has 0 aromatic heterocycles. The van der Waals surface area contributed by atoms with Crippen molar-refractivity contribution in [3.05, 3.63) is 29.3 Å². The minimum atomic E-state index is -1.27. The molecule has 0 heterocycles. The van der Waals surface area contributed by atoms with Crippen molar-refractivity contribution in [1.82, 2.24) is 0 Å². The van der Waals surface area contributed by atoms with E-state index in [1.54, 1.807) is 24.3 Å². The van der Waals surface area contributed by atoms with Crippen LogP contribution in [0.25, 0.3) is 0 Å². The van der Waals surface area contributed by atoms with Gasteiger partial charge in [0.15, 0.2) is 0 Å². The first-order valence-corrected chi connectivity index (χ1v) is 3.65. The van der Waals surface area contributed by atoms with Crippen LogP contribution in [0.1, 0.15) is 0 Å². The molecule has 0 aliphatic heterocycles. The Labute approximate surface area is 103 Å². The second-order valence-electron chi connectivity index (χ2n) is 2.09. The third-order valence-electron chi connectivity index (χ3n) is 1.18. The number of carbonyl (C=O) groups excluding carboxylic acids is 1. The van der Waals surface area contributed by atoms with Crippen LogP contribution in [0.2, 0.25) is 5.02 Å². The molecule has 0 spiro atoms. The largest absolute Gasteiger partial charge is 1.00 e. The van der Waals surface area contributed by atoms with Gasteiger partial charge in [-0.2, -0.15) is 0 Å². The van der Waals surface area contributed by atoms with Crippen LogP contribution in [-0.4, -0.2) is 12.6 Å². The van der Waals surface area contributed by atoms with Gasteiger partial charge in [-0.1, -0.05) is 23.7 Å². The van der Waals surface area contributed by atoms with Gasteiger partial charge in [-0.15, -0.1) is 0 Å². The van der Waals surface area contributed by atoms with Crippen LogP contribution in [0.3, 0.4) is 0 Å². The molecule has 0 bridgehead atoms. The maximum atomic E-state index is 10.0. The van der Waals surface area contributed by atoms with Crippen molar-refractivity contribution >= 4 is 17.6 Å². The van der Waals surface area contributed by atoms with Crippen molar-refractivity contribution in [1.29, 1.82) is 0 Å². The standard InChI is InChI=1S/C8H7ClO3.Na/c9-6-3-1-2-4-7(6)12-5-8(10)11;/h1-4H,5H2,(H,10,11);/q;+1/p-1. The van der Waals surface area contributed by atoms with Gasteiger partial charge in [0.05, 0.1) is 11.0 Å². The number of carbonyl (C=O) groups is 1. The number of para-hydroxylation sites is 1. The Balaban J connectivity index is 0.00000144. The number of ether oxygens (including phenoxy) is 1. The van der Waals surface area contributed by atoms with E-state index in [9.17, 15) is 9.90 Å². The molecule has 0 amide bonds. The number of halogens is 1. The number of aliphatic carboxylic acids is 1. The van der Waals surface area contributed by atoms with E-state index in [1.165, 1.54) is 0 Å². The zero-order valence-corrected chi connectivity index (χ0v) is 9.88. The average molecular weight is 209 g/mol. The summed E-state index contributed by atoms with van der Waals surface area (Å²) in [4.78, 5) is 10.0. The summed E-state index contributed by atoms with van der Waals surface area (Å²) in [5, 5.41) is 10.4. The van der Waals surface area contributed by atoms with Crippen molar-refractivity contribution < 1.29 is 44.2 Å². The molecule has 13 heavy (non-hydrogen) atoms. The molecule has 0 radical (unpaired) electrons. The second kappa shape index (κ2) is 6.27. The Hall–Kier alpha value is -0.220. The van der Waals surface area contributed by atoms with E-state index in [1.807, 2.05) is 0 Å². The van der Waals surface area contributed by atoms with Gasteiger partial charge in [0.1, 0.15) is 12.4 Å². The molecular formula is C8H6ClNaO3. The Kier molecular flexibility index (Phi) is 6.16. The molecule has 0 N–H and O–H groups in total. The van der Waals surface area contributed by atoms with Crippen LogP contribution in [0.4, 0.5) is 0 Å². The first-order chi connectivity index (χ1) is 5.70. The van der Waals surface area contributed by atoms with Crippen LogP contribution >= 0.6 is 11.6 Å². The van der Waals surface area contributed by atoms with Crippen molar-refractivity contribution in [3.63, 3.8) is 0 Å². The summed E-state index contributed by atoms with van der Waals surface area (Å²) in [5.74, 6) is -0.918. The number of carboxylic acid groups (broad SMARTS) is 1. The van der Waals surface area contributed by atoms with Gasteiger partial charge in [0, 0.05) is 0 Å². The summed E-state index contributed by atoms with van der Waals surface area (Å²) in [6.45, 7) is -0.482. The second-order valence-corrected chi connectivity index (χ2v) is 2.50. The molecule has 0 atom stereocenters. The quantitative estimate of drug-likeness (QED) is 0.515. The molecule has 0 saturated carbocycles. The number of benzene rings is 1. The van der Waals surface area contributed by atoms with Crippen LogP contribution < -0.4 is 39.4 Å². The molecule has 1 aromatic rings. The first kappa shape index (κ1) is 12.8. The normalized spacial score (nSPS) is 8.69. The van der Waals surface area contributed by atoms with E-state index in [2.05, 4.69) is 0 Å². The molecule has 3 nitrogen and oxygen atoms in total. The van der Waals surface area contributed by atoms with E-state index in [-0.39, 0.29) is 29.6 Å². The summed E-state index contributed by atoms with van der Waals surface area (Å²) in [6.07, 6.45) is 0. The fourth-order valence-corrected chi connectivity index (χ4v) is 0.889. The zero-order valence-electron chi connectivity index (χ0n) is 7.12. The minimum Gasteiger partial charge on any atom is -0.546 e. The number of rotatable bonds is 3. The summed E-state index contributed by atoms with van der Waals surface area (Å²) < 4.78 is 4.80. The summed E-state index contributed by atoms with van der Waals surface area (Å²) in [6, 6.07) is 6.64. The van der Waals surface area contributed by atoms with Gasteiger partial charge in [-0.3, -0.25) is 0 Å². The molecule has 0 aliphatic rings. The first-order valence-electron chi connectivity index (χ1n) is 3.27. The van der Waals surface area contributed by atoms with E-state index in [0.29, 0.717) is 10.8 Å². The van der Waals surface area contributed by atoms with Crippen LogP contribution in [-0.2, 0) is 4.79 Å². The smallest absolute Gasteiger partial charge is 0.546 e. The van der Waals surface area contributed by atoms with E-state index < -0.39 is 12.6 Å². The molecule has 5 heteroatoms. The SMILES string of the molecule is O=C([O-])COc1ccccc1Cl.[Na+]. The molecule has 1 aromatic carbocycles.